The molecule has 3 aromatic carbocycles. The lowest BCUT2D eigenvalue weighted by Gasteiger charge is -2.28. The molecular weight excluding hydrogens is 478 g/mol. The highest BCUT2D eigenvalue weighted by Gasteiger charge is 2.34. The molecule has 4 aromatic rings. The zero-order chi connectivity index (χ0) is 25.2. The number of anilines is 2. The predicted octanol–water partition coefficient (Wildman–Crippen LogP) is 5.54. The van der Waals surface area contributed by atoms with Crippen LogP contribution in [0.2, 0.25) is 5.02 Å². The van der Waals surface area contributed by atoms with Gasteiger partial charge in [-0.2, -0.15) is 4.98 Å². The van der Waals surface area contributed by atoms with Crippen molar-refractivity contribution < 1.29 is 14.3 Å². The Morgan fingerprint density at radius 2 is 1.67 bits per heavy atom. The highest BCUT2D eigenvalue weighted by molar-refractivity contribution is 6.30. The average molecular weight is 502 g/mol. The van der Waals surface area contributed by atoms with E-state index in [0.717, 1.165) is 11.1 Å². The third kappa shape index (κ3) is 4.50. The summed E-state index contributed by atoms with van der Waals surface area (Å²) in [5, 5.41) is 11.7. The molecular formula is C27H24ClN5O3. The van der Waals surface area contributed by atoms with Gasteiger partial charge in [-0.15, -0.1) is 5.10 Å². The second-order valence-corrected chi connectivity index (χ2v) is 8.68. The molecule has 5 rings (SSSR count). The van der Waals surface area contributed by atoms with E-state index in [1.165, 1.54) is 0 Å². The second-order valence-electron chi connectivity index (χ2n) is 8.24. The zero-order valence-corrected chi connectivity index (χ0v) is 20.7. The standard InChI is InChI=1S/C27H24ClN5O3/c1-16-23(26(34)30-20-7-5-4-6-8-20)24(17-9-11-19(28)12-10-17)33-27(29-16)31-25(32-33)18-13-21(35-2)15-22(14-18)36-3/h4-15,24H,1-3H3,(H,30,34)(H,29,31,32). The van der Waals surface area contributed by atoms with Gasteiger partial charge in [0.25, 0.3) is 5.91 Å². The van der Waals surface area contributed by atoms with E-state index in [-0.39, 0.29) is 5.91 Å². The van der Waals surface area contributed by atoms with Gasteiger partial charge in [0, 0.05) is 28.0 Å². The van der Waals surface area contributed by atoms with E-state index in [9.17, 15) is 4.79 Å². The number of rotatable bonds is 6. The van der Waals surface area contributed by atoms with Gasteiger partial charge in [0.1, 0.15) is 17.5 Å². The Bertz CT molecular complexity index is 1430. The summed E-state index contributed by atoms with van der Waals surface area (Å²) in [6.45, 7) is 1.86. The Morgan fingerprint density at radius 3 is 2.31 bits per heavy atom. The van der Waals surface area contributed by atoms with Gasteiger partial charge >= 0.3 is 0 Å². The maximum atomic E-state index is 13.6. The third-order valence-electron chi connectivity index (χ3n) is 5.92. The summed E-state index contributed by atoms with van der Waals surface area (Å²) >= 11 is 6.16. The molecule has 0 radical (unpaired) electrons. The number of nitrogens with one attached hydrogen (secondary N) is 2. The molecule has 1 aliphatic heterocycles. The molecule has 0 aliphatic carbocycles. The van der Waals surface area contributed by atoms with Crippen molar-refractivity contribution in [3.8, 4) is 22.9 Å². The molecule has 1 aromatic heterocycles. The number of amides is 1. The summed E-state index contributed by atoms with van der Waals surface area (Å²) in [7, 11) is 3.18. The number of methoxy groups -OCH3 is 2. The van der Waals surface area contributed by atoms with E-state index in [2.05, 4.69) is 10.6 Å². The van der Waals surface area contributed by atoms with Crippen molar-refractivity contribution in [1.29, 1.82) is 0 Å². The van der Waals surface area contributed by atoms with Crippen LogP contribution in [-0.4, -0.2) is 34.9 Å². The van der Waals surface area contributed by atoms with Crippen molar-refractivity contribution in [2.75, 3.05) is 24.9 Å². The van der Waals surface area contributed by atoms with Gasteiger partial charge in [-0.25, -0.2) is 4.68 Å². The number of benzene rings is 3. The third-order valence-corrected chi connectivity index (χ3v) is 6.18. The summed E-state index contributed by atoms with van der Waals surface area (Å²) in [6, 6.07) is 21.6. The van der Waals surface area contributed by atoms with Crippen LogP contribution in [-0.2, 0) is 4.79 Å². The SMILES string of the molecule is COc1cc(OC)cc(-c2nc3n(n2)C(c2ccc(Cl)cc2)C(C(=O)Nc2ccccc2)=C(C)N3)c1. The summed E-state index contributed by atoms with van der Waals surface area (Å²) in [5.41, 5.74) is 3.47. The summed E-state index contributed by atoms with van der Waals surface area (Å²) in [4.78, 5) is 18.3. The minimum absolute atomic E-state index is 0.239. The number of fused-ring (bicyclic) bond motifs is 1. The van der Waals surface area contributed by atoms with Crippen LogP contribution in [0.15, 0.2) is 84.1 Å². The first-order valence-electron chi connectivity index (χ1n) is 11.3. The molecule has 2 N–H and O–H groups in total. The molecule has 0 saturated carbocycles. The van der Waals surface area contributed by atoms with Crippen LogP contribution in [0.5, 0.6) is 11.5 Å². The first kappa shape index (κ1) is 23.4. The molecule has 1 atom stereocenters. The maximum Gasteiger partial charge on any atom is 0.255 e. The number of nitrogens with zero attached hydrogens (tertiary/aromatic N) is 3. The number of halogens is 1. The zero-order valence-electron chi connectivity index (χ0n) is 19.9. The molecule has 0 fully saturated rings. The molecule has 1 amide bonds. The highest BCUT2D eigenvalue weighted by atomic mass is 35.5. The van der Waals surface area contributed by atoms with Crippen LogP contribution in [0, 0.1) is 0 Å². The van der Waals surface area contributed by atoms with Crippen LogP contribution < -0.4 is 20.1 Å². The molecule has 0 spiro atoms. The number of hydrogen-bond acceptors (Lipinski definition) is 6. The van der Waals surface area contributed by atoms with Crippen LogP contribution in [0.4, 0.5) is 11.6 Å². The van der Waals surface area contributed by atoms with E-state index in [1.807, 2.05) is 61.5 Å². The van der Waals surface area contributed by atoms with E-state index in [0.29, 0.717) is 45.3 Å². The minimum Gasteiger partial charge on any atom is -0.497 e. The summed E-state index contributed by atoms with van der Waals surface area (Å²) in [6.07, 6.45) is 0. The molecule has 0 saturated heterocycles. The van der Waals surface area contributed by atoms with E-state index in [1.54, 1.807) is 37.1 Å². The number of ether oxygens (including phenoxy) is 2. The average Bonchev–Trinajstić information content (AvgIpc) is 3.32. The van der Waals surface area contributed by atoms with Gasteiger partial charge in [-0.1, -0.05) is 41.9 Å². The van der Waals surface area contributed by atoms with Gasteiger partial charge in [-0.3, -0.25) is 4.79 Å². The molecule has 9 heteroatoms. The number of aromatic nitrogens is 3. The van der Waals surface area contributed by atoms with Crippen molar-refractivity contribution in [3.05, 3.63) is 94.7 Å². The number of hydrogen-bond donors (Lipinski definition) is 2. The Kier molecular flexibility index (Phi) is 6.35. The Labute approximate surface area is 213 Å². The van der Waals surface area contributed by atoms with Gasteiger partial charge in [0.2, 0.25) is 5.95 Å². The van der Waals surface area contributed by atoms with Crippen LogP contribution >= 0.6 is 11.6 Å². The molecule has 8 nitrogen and oxygen atoms in total. The molecule has 182 valence electrons. The van der Waals surface area contributed by atoms with E-state index in [4.69, 9.17) is 31.2 Å². The Balaban J connectivity index is 1.61. The number of carbonyl (C=O) groups excluding carboxylic acids is 1. The van der Waals surface area contributed by atoms with Gasteiger partial charge in [0.15, 0.2) is 5.82 Å². The summed E-state index contributed by atoms with van der Waals surface area (Å²) in [5.74, 6) is 1.98. The fraction of sp³-hybridized carbons (Fsp3) is 0.148. The number of allylic oxidation sites excluding steroid dienone is 1. The monoisotopic (exact) mass is 501 g/mol. The number of para-hydroxylation sites is 1. The molecule has 1 aliphatic rings. The fourth-order valence-electron chi connectivity index (χ4n) is 4.18. The van der Waals surface area contributed by atoms with Crippen LogP contribution in [0.3, 0.4) is 0 Å². The highest BCUT2D eigenvalue weighted by Crippen LogP contribution is 2.38. The molecule has 0 bridgehead atoms. The predicted molar refractivity (Wildman–Crippen MR) is 140 cm³/mol. The molecule has 1 unspecified atom stereocenters. The first-order chi connectivity index (χ1) is 17.5. The first-order valence-corrected chi connectivity index (χ1v) is 11.6. The second kappa shape index (κ2) is 9.75. The smallest absolute Gasteiger partial charge is 0.255 e. The topological polar surface area (TPSA) is 90.3 Å². The fourth-order valence-corrected chi connectivity index (χ4v) is 4.30. The van der Waals surface area contributed by atoms with Gasteiger partial charge < -0.3 is 20.1 Å². The lowest BCUT2D eigenvalue weighted by atomic mass is 9.95. The Morgan fingerprint density at radius 1 is 1.00 bits per heavy atom. The lowest BCUT2D eigenvalue weighted by Crippen LogP contribution is -2.31. The van der Waals surface area contributed by atoms with Crippen LogP contribution in [0.25, 0.3) is 11.4 Å². The number of carbonyl (C=O) groups is 1. The van der Waals surface area contributed by atoms with Crippen molar-refractivity contribution in [2.45, 2.75) is 13.0 Å². The lowest BCUT2D eigenvalue weighted by molar-refractivity contribution is -0.113. The normalized spacial score (nSPS) is 14.6. The quantitative estimate of drug-likeness (QED) is 0.360. The maximum absolute atomic E-state index is 13.6. The van der Waals surface area contributed by atoms with Crippen molar-refractivity contribution in [1.82, 2.24) is 14.8 Å². The van der Waals surface area contributed by atoms with Gasteiger partial charge in [0.05, 0.1) is 19.8 Å². The summed E-state index contributed by atoms with van der Waals surface area (Å²) < 4.78 is 12.5. The van der Waals surface area contributed by atoms with Crippen molar-refractivity contribution >= 4 is 29.1 Å². The van der Waals surface area contributed by atoms with Crippen LogP contribution in [0.1, 0.15) is 18.5 Å². The van der Waals surface area contributed by atoms with Crippen molar-refractivity contribution in [2.24, 2.45) is 0 Å². The Hall–Kier alpha value is -4.30. The molecule has 2 heterocycles. The molecule has 36 heavy (non-hydrogen) atoms. The van der Waals surface area contributed by atoms with Crippen molar-refractivity contribution in [3.63, 3.8) is 0 Å². The van der Waals surface area contributed by atoms with E-state index >= 15 is 0 Å². The minimum atomic E-state index is -0.531. The van der Waals surface area contributed by atoms with Gasteiger partial charge in [-0.05, 0) is 48.9 Å². The largest absolute Gasteiger partial charge is 0.497 e. The van der Waals surface area contributed by atoms with E-state index < -0.39 is 6.04 Å².